The van der Waals surface area contributed by atoms with Crippen LogP contribution in [-0.2, 0) is 22.4 Å². The standard InChI is InChI=1S/C31H42F2N2O3S/c1-3-5-6-9-22-10-13-26(23(4-2)18-22)29-19-24-11-12-25(20-28(24)39-29)37-16-7-14-31(32,33)15-8-17-38-30(36)27(35)21-34/h10-13,18-20,27H,3-9,14-17,21,34-35H2,1-2H3. The number of hydrogen-bond donors (Lipinski definition) is 2. The Morgan fingerprint density at radius 3 is 2.49 bits per heavy atom. The molecule has 1 unspecified atom stereocenters. The average molecular weight is 561 g/mol. The molecule has 0 radical (unpaired) electrons. The fraction of sp³-hybridized carbons (Fsp3) is 0.516. The van der Waals surface area contributed by atoms with Crippen molar-refractivity contribution in [2.24, 2.45) is 11.5 Å². The maximum absolute atomic E-state index is 14.2. The van der Waals surface area contributed by atoms with Crippen molar-refractivity contribution in [2.75, 3.05) is 19.8 Å². The van der Waals surface area contributed by atoms with Crippen LogP contribution in [0.3, 0.4) is 0 Å². The Kier molecular flexibility index (Phi) is 12.2. The second-order valence-corrected chi connectivity index (χ2v) is 11.1. The Labute approximate surface area is 234 Å². The van der Waals surface area contributed by atoms with Crippen molar-refractivity contribution in [1.29, 1.82) is 0 Å². The van der Waals surface area contributed by atoms with E-state index in [9.17, 15) is 13.6 Å². The molecular formula is C31H42F2N2O3S. The lowest BCUT2D eigenvalue weighted by molar-refractivity contribution is -0.145. The minimum Gasteiger partial charge on any atom is -0.494 e. The number of rotatable bonds is 17. The van der Waals surface area contributed by atoms with Crippen LogP contribution in [0.1, 0.15) is 69.9 Å². The monoisotopic (exact) mass is 560 g/mol. The lowest BCUT2D eigenvalue weighted by Crippen LogP contribution is -2.39. The van der Waals surface area contributed by atoms with Crippen molar-refractivity contribution in [3.05, 3.63) is 53.6 Å². The van der Waals surface area contributed by atoms with Gasteiger partial charge in [-0.3, -0.25) is 4.79 Å². The zero-order valence-electron chi connectivity index (χ0n) is 23.1. The number of halogens is 2. The summed E-state index contributed by atoms with van der Waals surface area (Å²) in [7, 11) is 0. The van der Waals surface area contributed by atoms with Gasteiger partial charge in [-0.2, -0.15) is 0 Å². The Hall–Kier alpha value is -2.55. The zero-order valence-corrected chi connectivity index (χ0v) is 24.0. The minimum atomic E-state index is -2.85. The average Bonchev–Trinajstić information content (AvgIpc) is 3.36. The Morgan fingerprint density at radius 2 is 1.77 bits per heavy atom. The van der Waals surface area contributed by atoms with E-state index < -0.39 is 17.9 Å². The number of unbranched alkanes of at least 4 members (excludes halogenated alkanes) is 2. The van der Waals surface area contributed by atoms with E-state index >= 15 is 0 Å². The molecule has 2 aromatic carbocycles. The number of thiophene rings is 1. The third-order valence-electron chi connectivity index (χ3n) is 6.82. The molecule has 214 valence electrons. The summed E-state index contributed by atoms with van der Waals surface area (Å²) >= 11 is 1.73. The first-order chi connectivity index (χ1) is 18.8. The van der Waals surface area contributed by atoms with Crippen LogP contribution in [0.5, 0.6) is 5.75 Å². The van der Waals surface area contributed by atoms with Crippen LogP contribution < -0.4 is 16.2 Å². The molecule has 1 aromatic heterocycles. The highest BCUT2D eigenvalue weighted by Crippen LogP contribution is 2.37. The molecule has 5 nitrogen and oxygen atoms in total. The second kappa shape index (κ2) is 15.3. The number of fused-ring (bicyclic) bond motifs is 1. The zero-order chi connectivity index (χ0) is 28.3. The molecule has 0 fully saturated rings. The molecule has 0 amide bonds. The van der Waals surface area contributed by atoms with Crippen molar-refractivity contribution in [3.63, 3.8) is 0 Å². The fourth-order valence-corrected chi connectivity index (χ4v) is 5.65. The van der Waals surface area contributed by atoms with Crippen molar-refractivity contribution < 1.29 is 23.0 Å². The summed E-state index contributed by atoms with van der Waals surface area (Å²) in [4.78, 5) is 12.7. The molecule has 0 saturated heterocycles. The number of carbonyl (C=O) groups is 1. The van der Waals surface area contributed by atoms with Crippen LogP contribution in [-0.4, -0.2) is 37.7 Å². The van der Waals surface area contributed by atoms with Gasteiger partial charge in [-0.25, -0.2) is 8.78 Å². The highest BCUT2D eigenvalue weighted by molar-refractivity contribution is 7.22. The molecule has 1 heterocycles. The normalized spacial score (nSPS) is 12.6. The van der Waals surface area contributed by atoms with Gasteiger partial charge in [-0.15, -0.1) is 11.3 Å². The summed E-state index contributed by atoms with van der Waals surface area (Å²) in [6.07, 6.45) is 5.47. The molecule has 0 saturated carbocycles. The Morgan fingerprint density at radius 1 is 1.00 bits per heavy atom. The number of nitrogens with two attached hydrogens (primary N) is 2. The first-order valence-corrected chi connectivity index (χ1v) is 14.9. The van der Waals surface area contributed by atoms with Crippen LogP contribution in [0.4, 0.5) is 8.78 Å². The molecule has 4 N–H and O–H groups in total. The molecule has 0 aliphatic rings. The first-order valence-electron chi connectivity index (χ1n) is 14.0. The van der Waals surface area contributed by atoms with Crippen LogP contribution in [0.2, 0.25) is 0 Å². The van der Waals surface area contributed by atoms with Crippen molar-refractivity contribution in [3.8, 4) is 16.2 Å². The third-order valence-corrected chi connectivity index (χ3v) is 7.95. The number of ether oxygens (including phenoxy) is 2. The van der Waals surface area contributed by atoms with Crippen molar-refractivity contribution in [1.82, 2.24) is 0 Å². The molecule has 0 spiro atoms. The third kappa shape index (κ3) is 9.55. The summed E-state index contributed by atoms with van der Waals surface area (Å²) in [5.74, 6) is -2.82. The number of benzene rings is 2. The molecule has 3 rings (SSSR count). The highest BCUT2D eigenvalue weighted by atomic mass is 32.1. The van der Waals surface area contributed by atoms with Crippen molar-refractivity contribution >= 4 is 27.4 Å². The van der Waals surface area contributed by atoms with Crippen LogP contribution in [0.25, 0.3) is 20.5 Å². The predicted octanol–water partition coefficient (Wildman–Crippen LogP) is 7.27. The minimum absolute atomic E-state index is 0.0393. The maximum atomic E-state index is 14.2. The highest BCUT2D eigenvalue weighted by Gasteiger charge is 2.28. The van der Waals surface area contributed by atoms with Gasteiger partial charge in [0.25, 0.3) is 0 Å². The summed E-state index contributed by atoms with van der Waals surface area (Å²) in [6.45, 7) is 4.50. The van der Waals surface area contributed by atoms with E-state index in [-0.39, 0.29) is 45.4 Å². The molecular weight excluding hydrogens is 518 g/mol. The topological polar surface area (TPSA) is 87.6 Å². The number of alkyl halides is 2. The summed E-state index contributed by atoms with van der Waals surface area (Å²) in [5, 5.41) is 1.15. The van der Waals surface area contributed by atoms with Crippen LogP contribution in [0, 0.1) is 0 Å². The van der Waals surface area contributed by atoms with Crippen LogP contribution >= 0.6 is 11.3 Å². The number of aryl methyl sites for hydroxylation is 2. The van der Waals surface area contributed by atoms with Gasteiger partial charge >= 0.3 is 5.97 Å². The summed E-state index contributed by atoms with van der Waals surface area (Å²) in [6, 6.07) is 14.1. The fourth-order valence-electron chi connectivity index (χ4n) is 4.50. The van der Waals surface area contributed by atoms with Gasteiger partial charge in [0.05, 0.1) is 13.2 Å². The molecule has 39 heavy (non-hydrogen) atoms. The van der Waals surface area contributed by atoms with Gasteiger partial charge in [-0.1, -0.05) is 44.9 Å². The van der Waals surface area contributed by atoms with E-state index in [4.69, 9.17) is 20.9 Å². The first kappa shape index (κ1) is 31.0. The molecule has 0 bridgehead atoms. The van der Waals surface area contributed by atoms with Gasteiger partial charge in [0, 0.05) is 29.0 Å². The SMILES string of the molecule is CCCCCc1ccc(-c2cc3ccc(OCCCC(F)(F)CCCOC(=O)C(N)CN)cc3s2)c(CC)c1. The van der Waals surface area contributed by atoms with Crippen LogP contribution in [0.15, 0.2) is 42.5 Å². The molecule has 8 heteroatoms. The Balaban J connectivity index is 1.50. The molecule has 1 atom stereocenters. The lowest BCUT2D eigenvalue weighted by Gasteiger charge is -2.17. The van der Waals surface area contributed by atoms with E-state index in [1.54, 1.807) is 11.3 Å². The molecule has 3 aromatic rings. The number of carbonyl (C=O) groups excluding carboxylic acids is 1. The molecule has 0 aliphatic carbocycles. The van der Waals surface area contributed by atoms with Gasteiger partial charge in [0.2, 0.25) is 5.92 Å². The van der Waals surface area contributed by atoms with Crippen molar-refractivity contribution in [2.45, 2.75) is 83.6 Å². The van der Waals surface area contributed by atoms with E-state index in [0.717, 1.165) is 22.9 Å². The smallest absolute Gasteiger partial charge is 0.324 e. The number of hydrogen-bond acceptors (Lipinski definition) is 6. The van der Waals surface area contributed by atoms with Gasteiger partial charge in [-0.05, 0) is 78.4 Å². The van der Waals surface area contributed by atoms with E-state index in [1.807, 2.05) is 18.2 Å². The summed E-state index contributed by atoms with van der Waals surface area (Å²) < 4.78 is 40.2. The predicted molar refractivity (Wildman–Crippen MR) is 157 cm³/mol. The molecule has 0 aliphatic heterocycles. The summed E-state index contributed by atoms with van der Waals surface area (Å²) in [5.41, 5.74) is 14.8. The van der Waals surface area contributed by atoms with Gasteiger partial charge < -0.3 is 20.9 Å². The van der Waals surface area contributed by atoms with E-state index in [1.165, 1.54) is 40.8 Å². The van der Waals surface area contributed by atoms with Gasteiger partial charge in [0.15, 0.2) is 0 Å². The quantitative estimate of drug-likeness (QED) is 0.134. The van der Waals surface area contributed by atoms with E-state index in [0.29, 0.717) is 5.75 Å². The number of esters is 1. The largest absolute Gasteiger partial charge is 0.494 e. The Bertz CT molecular complexity index is 1200. The maximum Gasteiger partial charge on any atom is 0.324 e. The lowest BCUT2D eigenvalue weighted by atomic mass is 9.98. The van der Waals surface area contributed by atoms with E-state index in [2.05, 4.69) is 38.1 Å². The van der Waals surface area contributed by atoms with Gasteiger partial charge in [0.1, 0.15) is 11.8 Å². The second-order valence-electron chi connectivity index (χ2n) is 10.0.